The molecule has 3 N–H and O–H groups in total. The van der Waals surface area contributed by atoms with Crippen molar-refractivity contribution < 1.29 is 28.6 Å². The number of nitrogens with one attached hydrogen (secondary N) is 2. The second kappa shape index (κ2) is 9.46. The van der Waals surface area contributed by atoms with Gasteiger partial charge in [0.1, 0.15) is 6.61 Å². The number of carbonyl (C=O) groups is 3. The number of amides is 2. The summed E-state index contributed by atoms with van der Waals surface area (Å²) >= 11 is 0. The highest BCUT2D eigenvalue weighted by atomic mass is 16.5. The first-order valence-corrected chi connectivity index (χ1v) is 11.2. The van der Waals surface area contributed by atoms with Crippen LogP contribution >= 0.6 is 0 Å². The van der Waals surface area contributed by atoms with Gasteiger partial charge in [-0.05, 0) is 28.7 Å². The van der Waals surface area contributed by atoms with Gasteiger partial charge in [0, 0.05) is 5.92 Å². The maximum absolute atomic E-state index is 12.5. The summed E-state index contributed by atoms with van der Waals surface area (Å²) in [6, 6.07) is 15.9. The SMILES string of the molecule is O=C(NC1C=CC(C(=O)NCc2ocnc2C(=O)O)C1)OCC1c2ccccc2-c2ccccc21. The zero-order valence-corrected chi connectivity index (χ0v) is 18.6. The van der Waals surface area contributed by atoms with E-state index in [2.05, 4.69) is 39.9 Å². The Hall–Kier alpha value is -4.40. The number of aromatic nitrogens is 1. The van der Waals surface area contributed by atoms with Gasteiger partial charge in [0.25, 0.3) is 0 Å². The molecular weight excluding hydrogens is 450 g/mol. The van der Waals surface area contributed by atoms with Gasteiger partial charge in [0.2, 0.25) is 5.91 Å². The highest BCUT2D eigenvalue weighted by Crippen LogP contribution is 2.44. The molecule has 178 valence electrons. The number of rotatable bonds is 7. The summed E-state index contributed by atoms with van der Waals surface area (Å²) in [6.45, 7) is 0.124. The summed E-state index contributed by atoms with van der Waals surface area (Å²) in [5.41, 5.74) is 4.35. The summed E-state index contributed by atoms with van der Waals surface area (Å²) in [6.07, 6.45) is 4.31. The third-order valence-electron chi connectivity index (χ3n) is 6.33. The van der Waals surface area contributed by atoms with Gasteiger partial charge in [-0.15, -0.1) is 0 Å². The lowest BCUT2D eigenvalue weighted by Gasteiger charge is -2.17. The van der Waals surface area contributed by atoms with Gasteiger partial charge in [-0.2, -0.15) is 0 Å². The summed E-state index contributed by atoms with van der Waals surface area (Å²) in [4.78, 5) is 39.7. The molecule has 0 bridgehead atoms. The van der Waals surface area contributed by atoms with E-state index in [-0.39, 0.29) is 42.5 Å². The van der Waals surface area contributed by atoms with Gasteiger partial charge >= 0.3 is 12.1 Å². The fraction of sp³-hybridized carbons (Fsp3) is 0.231. The lowest BCUT2D eigenvalue weighted by Crippen LogP contribution is -2.36. The second-order valence-electron chi connectivity index (χ2n) is 8.45. The lowest BCUT2D eigenvalue weighted by molar-refractivity contribution is -0.123. The van der Waals surface area contributed by atoms with Gasteiger partial charge in [-0.1, -0.05) is 60.7 Å². The van der Waals surface area contributed by atoms with E-state index in [1.54, 1.807) is 12.2 Å². The average Bonchev–Trinajstić information content (AvgIpc) is 3.59. The maximum atomic E-state index is 12.5. The highest BCUT2D eigenvalue weighted by molar-refractivity contribution is 5.87. The Balaban J connectivity index is 1.12. The molecule has 3 aromatic rings. The van der Waals surface area contributed by atoms with Gasteiger partial charge in [-0.25, -0.2) is 14.6 Å². The quantitative estimate of drug-likeness (QED) is 0.448. The molecule has 2 aliphatic rings. The van der Waals surface area contributed by atoms with Crippen LogP contribution in [-0.2, 0) is 16.1 Å². The molecule has 0 fully saturated rings. The molecule has 0 radical (unpaired) electrons. The van der Waals surface area contributed by atoms with Crippen molar-refractivity contribution in [1.82, 2.24) is 15.6 Å². The molecule has 0 saturated heterocycles. The number of aromatic carboxylic acids is 1. The fourth-order valence-electron chi connectivity index (χ4n) is 4.66. The molecular formula is C26H23N3O6. The number of alkyl carbamates (subject to hydrolysis) is 1. The lowest BCUT2D eigenvalue weighted by atomic mass is 9.98. The average molecular weight is 473 g/mol. The van der Waals surface area contributed by atoms with Crippen molar-refractivity contribution in [1.29, 1.82) is 0 Å². The normalized spacial score (nSPS) is 18.1. The minimum atomic E-state index is -1.23. The van der Waals surface area contributed by atoms with Crippen LogP contribution in [0.2, 0.25) is 0 Å². The molecule has 9 nitrogen and oxygen atoms in total. The van der Waals surface area contributed by atoms with E-state index >= 15 is 0 Å². The highest BCUT2D eigenvalue weighted by Gasteiger charge is 2.30. The molecule has 2 amide bonds. The molecule has 1 heterocycles. The molecule has 0 saturated carbocycles. The Morgan fingerprint density at radius 3 is 2.40 bits per heavy atom. The van der Waals surface area contributed by atoms with Crippen LogP contribution in [0.3, 0.4) is 0 Å². The topological polar surface area (TPSA) is 131 Å². The van der Waals surface area contributed by atoms with Crippen molar-refractivity contribution in [2.24, 2.45) is 5.92 Å². The molecule has 2 atom stereocenters. The van der Waals surface area contributed by atoms with Crippen molar-refractivity contribution in [2.75, 3.05) is 6.61 Å². The van der Waals surface area contributed by atoms with Crippen LogP contribution in [0.15, 0.2) is 71.5 Å². The van der Waals surface area contributed by atoms with Crippen molar-refractivity contribution >= 4 is 18.0 Å². The first-order chi connectivity index (χ1) is 17.0. The predicted octanol–water partition coefficient (Wildman–Crippen LogP) is 3.47. The number of benzene rings is 2. The predicted molar refractivity (Wildman–Crippen MR) is 125 cm³/mol. The van der Waals surface area contributed by atoms with Crippen molar-refractivity contribution in [3.05, 3.63) is 89.7 Å². The van der Waals surface area contributed by atoms with Crippen LogP contribution in [0.1, 0.15) is 39.7 Å². The molecule has 0 aliphatic heterocycles. The van der Waals surface area contributed by atoms with Crippen molar-refractivity contribution in [2.45, 2.75) is 24.9 Å². The van der Waals surface area contributed by atoms with Crippen LogP contribution in [0, 0.1) is 5.92 Å². The first-order valence-electron chi connectivity index (χ1n) is 11.2. The van der Waals surface area contributed by atoms with E-state index < -0.39 is 18.0 Å². The van der Waals surface area contributed by atoms with Crippen molar-refractivity contribution in [3.8, 4) is 11.1 Å². The Morgan fingerprint density at radius 1 is 1.03 bits per heavy atom. The summed E-state index contributed by atoms with van der Waals surface area (Å²) in [7, 11) is 0. The molecule has 5 rings (SSSR count). The zero-order valence-electron chi connectivity index (χ0n) is 18.6. The number of oxazole rings is 1. The van der Waals surface area contributed by atoms with Crippen LogP contribution < -0.4 is 10.6 Å². The largest absolute Gasteiger partial charge is 0.476 e. The van der Waals surface area contributed by atoms with Crippen LogP contribution in [0.4, 0.5) is 4.79 Å². The number of carbonyl (C=O) groups excluding carboxylic acids is 2. The number of nitrogens with zero attached hydrogens (tertiary/aromatic N) is 1. The smallest absolute Gasteiger partial charge is 0.407 e. The van der Waals surface area contributed by atoms with Crippen LogP contribution in [0.25, 0.3) is 11.1 Å². The molecule has 2 aromatic carbocycles. The number of fused-ring (bicyclic) bond motifs is 3. The van der Waals surface area contributed by atoms with Gasteiger partial charge in [-0.3, -0.25) is 4.79 Å². The van der Waals surface area contributed by atoms with Crippen LogP contribution in [0.5, 0.6) is 0 Å². The molecule has 35 heavy (non-hydrogen) atoms. The van der Waals surface area contributed by atoms with E-state index in [0.29, 0.717) is 6.42 Å². The molecule has 2 unspecified atom stereocenters. The summed E-state index contributed by atoms with van der Waals surface area (Å²) in [5, 5.41) is 14.5. The van der Waals surface area contributed by atoms with E-state index in [0.717, 1.165) is 28.6 Å². The number of hydrogen-bond acceptors (Lipinski definition) is 6. The third kappa shape index (κ3) is 4.52. The Bertz CT molecular complexity index is 1270. The van der Waals surface area contributed by atoms with E-state index in [1.807, 2.05) is 24.3 Å². The maximum Gasteiger partial charge on any atom is 0.407 e. The number of carboxylic acids is 1. The molecule has 9 heteroatoms. The van der Waals surface area contributed by atoms with Gasteiger partial charge in [0.05, 0.1) is 18.5 Å². The number of carboxylic acid groups (broad SMARTS) is 1. The minimum Gasteiger partial charge on any atom is -0.476 e. The Morgan fingerprint density at radius 2 is 1.71 bits per heavy atom. The molecule has 0 spiro atoms. The van der Waals surface area contributed by atoms with Crippen LogP contribution in [-0.4, -0.2) is 40.7 Å². The number of ether oxygens (including phenoxy) is 1. The van der Waals surface area contributed by atoms with E-state index in [4.69, 9.17) is 14.3 Å². The number of hydrogen-bond donors (Lipinski definition) is 3. The Kier molecular flexibility index (Phi) is 6.05. The summed E-state index contributed by atoms with van der Waals surface area (Å²) < 4.78 is 10.6. The zero-order chi connectivity index (χ0) is 24.4. The monoisotopic (exact) mass is 473 g/mol. The standard InChI is InChI=1S/C26H23N3O6/c30-24(27-12-22-23(25(31)32)28-14-35-22)15-9-10-16(11-15)29-26(33)34-13-21-19-7-3-1-5-17(19)18-6-2-4-8-20(18)21/h1-10,14-16,21H,11-13H2,(H,27,30)(H,29,33)(H,31,32). The molecule has 1 aromatic heterocycles. The molecule has 2 aliphatic carbocycles. The van der Waals surface area contributed by atoms with E-state index in [1.165, 1.54) is 0 Å². The first kappa shape index (κ1) is 22.4. The minimum absolute atomic E-state index is 0.0300. The Labute approximate surface area is 200 Å². The fourth-order valence-corrected chi connectivity index (χ4v) is 4.66. The third-order valence-corrected chi connectivity index (χ3v) is 6.33. The summed E-state index contributed by atoms with van der Waals surface area (Å²) in [5.74, 6) is -1.95. The van der Waals surface area contributed by atoms with Crippen molar-refractivity contribution in [3.63, 3.8) is 0 Å². The van der Waals surface area contributed by atoms with E-state index in [9.17, 15) is 14.4 Å². The van der Waals surface area contributed by atoms with Gasteiger partial charge < -0.3 is 24.9 Å². The van der Waals surface area contributed by atoms with Gasteiger partial charge in [0.15, 0.2) is 17.8 Å². The second-order valence-corrected chi connectivity index (χ2v) is 8.45.